The smallest absolute Gasteiger partial charge is 0.276 e. The quantitative estimate of drug-likeness (QED) is 0.487. The fourth-order valence-electron chi connectivity index (χ4n) is 5.12. The Morgan fingerprint density at radius 3 is 2.54 bits per heavy atom. The van der Waals surface area contributed by atoms with Crippen LogP contribution in [-0.2, 0) is 0 Å². The number of carbonyl (C=O) groups excluding carboxylic acids is 1. The van der Waals surface area contributed by atoms with Crippen LogP contribution in [0, 0.1) is 0 Å². The molecule has 0 saturated carbocycles. The van der Waals surface area contributed by atoms with E-state index in [1.54, 1.807) is 25.3 Å². The number of likely N-dealkylation sites (tertiary alicyclic amines) is 2. The van der Waals surface area contributed by atoms with Crippen molar-refractivity contribution >= 4 is 40.0 Å². The van der Waals surface area contributed by atoms with Gasteiger partial charge in [-0.25, -0.2) is 9.97 Å². The zero-order valence-electron chi connectivity index (χ0n) is 20.2. The average molecular weight is 494 g/mol. The van der Waals surface area contributed by atoms with Crippen LogP contribution in [0.15, 0.2) is 42.5 Å². The van der Waals surface area contributed by atoms with Crippen molar-refractivity contribution in [1.82, 2.24) is 19.8 Å². The summed E-state index contributed by atoms with van der Waals surface area (Å²) in [4.78, 5) is 28.1. The molecule has 0 radical (unpaired) electrons. The van der Waals surface area contributed by atoms with Gasteiger partial charge in [0.2, 0.25) is 0 Å². The van der Waals surface area contributed by atoms with Crippen LogP contribution in [0.4, 0.5) is 11.5 Å². The number of carbonyl (C=O) groups is 1. The highest BCUT2D eigenvalue weighted by Gasteiger charge is 2.32. The van der Waals surface area contributed by atoms with E-state index in [1.807, 2.05) is 29.2 Å². The molecule has 7 nitrogen and oxygen atoms in total. The first kappa shape index (κ1) is 23.8. The summed E-state index contributed by atoms with van der Waals surface area (Å²) in [5.41, 5.74) is 2.36. The molecule has 3 aromatic rings. The van der Waals surface area contributed by atoms with Crippen LogP contribution in [0.3, 0.4) is 0 Å². The van der Waals surface area contributed by atoms with Crippen LogP contribution >= 0.6 is 11.6 Å². The number of piperidine rings is 2. The third-order valence-corrected chi connectivity index (χ3v) is 7.33. The standard InChI is InChI=1S/C27H32ClN5O2/c1-35-20-12-13-21(28)24(17-20)31-26-25(29-22-10-3-4-11-23(22)30-26)27(34)33-16-8-5-9-19(33)18-32-14-6-2-7-15-32/h3-4,10-13,17,19H,2,5-9,14-16,18H2,1H3,(H,30,31). The van der Waals surface area contributed by atoms with E-state index in [9.17, 15) is 4.79 Å². The molecule has 5 rings (SSSR count). The Bertz CT molecular complexity index is 1200. The minimum absolute atomic E-state index is 0.0773. The zero-order chi connectivity index (χ0) is 24.2. The maximum atomic E-state index is 14.0. The van der Waals surface area contributed by atoms with E-state index in [0.29, 0.717) is 39.0 Å². The molecule has 2 aliphatic rings. The monoisotopic (exact) mass is 493 g/mol. The fourth-order valence-corrected chi connectivity index (χ4v) is 5.29. The summed E-state index contributed by atoms with van der Waals surface area (Å²) in [6.07, 6.45) is 6.97. The summed E-state index contributed by atoms with van der Waals surface area (Å²) in [7, 11) is 1.61. The molecular weight excluding hydrogens is 462 g/mol. The molecule has 8 heteroatoms. The van der Waals surface area contributed by atoms with Gasteiger partial charge in [-0.3, -0.25) is 4.79 Å². The molecular formula is C27H32ClN5O2. The van der Waals surface area contributed by atoms with Crippen molar-refractivity contribution in [3.05, 3.63) is 53.2 Å². The van der Waals surface area contributed by atoms with Crippen molar-refractivity contribution < 1.29 is 9.53 Å². The molecule has 2 aromatic carbocycles. The van der Waals surface area contributed by atoms with Crippen molar-refractivity contribution in [3.8, 4) is 5.75 Å². The van der Waals surface area contributed by atoms with Gasteiger partial charge in [0, 0.05) is 25.2 Å². The number of para-hydroxylation sites is 2. The lowest BCUT2D eigenvalue weighted by Crippen LogP contribution is -2.50. The van der Waals surface area contributed by atoms with Gasteiger partial charge in [-0.05, 0) is 69.5 Å². The maximum Gasteiger partial charge on any atom is 0.276 e. The molecule has 1 N–H and O–H groups in total. The summed E-state index contributed by atoms with van der Waals surface area (Å²) < 4.78 is 5.36. The summed E-state index contributed by atoms with van der Waals surface area (Å²) in [5.74, 6) is 0.994. The van der Waals surface area contributed by atoms with Crippen molar-refractivity contribution in [1.29, 1.82) is 0 Å². The van der Waals surface area contributed by atoms with Crippen LogP contribution in [0.1, 0.15) is 49.0 Å². The molecule has 1 unspecified atom stereocenters. The van der Waals surface area contributed by atoms with Crippen molar-refractivity contribution in [2.24, 2.45) is 0 Å². The number of nitrogens with one attached hydrogen (secondary N) is 1. The number of methoxy groups -OCH3 is 1. The van der Waals surface area contributed by atoms with Crippen molar-refractivity contribution in [2.45, 2.75) is 44.6 Å². The predicted octanol–water partition coefficient (Wildman–Crippen LogP) is 5.52. The van der Waals surface area contributed by atoms with E-state index in [0.717, 1.165) is 45.4 Å². The normalized spacial score (nSPS) is 19.0. The Kier molecular flexibility index (Phi) is 7.35. The summed E-state index contributed by atoms with van der Waals surface area (Å²) in [6, 6.07) is 13.2. The highest BCUT2D eigenvalue weighted by molar-refractivity contribution is 6.33. The number of rotatable bonds is 6. The second kappa shape index (κ2) is 10.8. The highest BCUT2D eigenvalue weighted by Crippen LogP contribution is 2.31. The SMILES string of the molecule is COc1ccc(Cl)c(Nc2nc3ccccc3nc2C(=O)N2CCCCC2CN2CCCCC2)c1. The molecule has 35 heavy (non-hydrogen) atoms. The van der Waals surface area contributed by atoms with Crippen LogP contribution < -0.4 is 10.1 Å². The molecule has 2 fully saturated rings. The van der Waals surface area contributed by atoms with Gasteiger partial charge in [0.15, 0.2) is 11.5 Å². The van der Waals surface area contributed by atoms with Gasteiger partial charge in [-0.2, -0.15) is 0 Å². The summed E-state index contributed by atoms with van der Waals surface area (Å²) >= 11 is 6.47. The first-order chi connectivity index (χ1) is 17.1. The molecule has 0 bridgehead atoms. The number of fused-ring (bicyclic) bond motifs is 1. The number of amides is 1. The van der Waals surface area contributed by atoms with Gasteiger partial charge in [0.05, 0.1) is 28.9 Å². The fraction of sp³-hybridized carbons (Fsp3) is 0.444. The lowest BCUT2D eigenvalue weighted by atomic mass is 10.00. The molecule has 3 heterocycles. The molecule has 1 amide bonds. The predicted molar refractivity (Wildman–Crippen MR) is 140 cm³/mol. The van der Waals surface area contributed by atoms with Crippen LogP contribution in [0.5, 0.6) is 5.75 Å². The average Bonchev–Trinajstić information content (AvgIpc) is 2.90. The summed E-state index contributed by atoms with van der Waals surface area (Å²) in [5, 5.41) is 3.79. The van der Waals surface area contributed by atoms with Gasteiger partial charge in [-0.15, -0.1) is 0 Å². The third kappa shape index (κ3) is 5.36. The molecule has 0 aliphatic carbocycles. The van der Waals surface area contributed by atoms with Crippen molar-refractivity contribution in [3.63, 3.8) is 0 Å². The number of ether oxygens (including phenoxy) is 1. The number of anilines is 2. The van der Waals surface area contributed by atoms with Gasteiger partial charge in [-0.1, -0.05) is 30.2 Å². The summed E-state index contributed by atoms with van der Waals surface area (Å²) in [6.45, 7) is 3.91. The van der Waals surface area contributed by atoms with E-state index < -0.39 is 0 Å². The zero-order valence-corrected chi connectivity index (χ0v) is 20.9. The molecule has 1 atom stereocenters. The third-order valence-electron chi connectivity index (χ3n) is 7.01. The van der Waals surface area contributed by atoms with Crippen LogP contribution in [0.25, 0.3) is 11.0 Å². The van der Waals surface area contributed by atoms with Gasteiger partial charge in [0.25, 0.3) is 5.91 Å². The molecule has 2 aliphatic heterocycles. The Labute approximate surface area is 211 Å². The van der Waals surface area contributed by atoms with Crippen LogP contribution in [0.2, 0.25) is 5.02 Å². The largest absolute Gasteiger partial charge is 0.497 e. The van der Waals surface area contributed by atoms with E-state index in [2.05, 4.69) is 10.2 Å². The van der Waals surface area contributed by atoms with Crippen LogP contribution in [-0.4, -0.2) is 65.0 Å². The first-order valence-electron chi connectivity index (χ1n) is 12.5. The molecule has 0 spiro atoms. The van der Waals surface area contributed by atoms with Gasteiger partial charge in [0.1, 0.15) is 5.75 Å². The lowest BCUT2D eigenvalue weighted by Gasteiger charge is -2.39. The Balaban J connectivity index is 1.49. The van der Waals surface area contributed by atoms with E-state index in [4.69, 9.17) is 26.3 Å². The molecule has 184 valence electrons. The number of hydrogen-bond acceptors (Lipinski definition) is 6. The van der Waals surface area contributed by atoms with Gasteiger partial charge < -0.3 is 19.9 Å². The number of hydrogen-bond donors (Lipinski definition) is 1. The first-order valence-corrected chi connectivity index (χ1v) is 12.9. The number of benzene rings is 2. The Hall–Kier alpha value is -2.90. The Morgan fingerprint density at radius 2 is 1.77 bits per heavy atom. The minimum Gasteiger partial charge on any atom is -0.497 e. The topological polar surface area (TPSA) is 70.6 Å². The van der Waals surface area contributed by atoms with Crippen molar-refractivity contribution in [2.75, 3.05) is 38.6 Å². The second-order valence-corrected chi connectivity index (χ2v) is 9.80. The number of nitrogens with zero attached hydrogens (tertiary/aromatic N) is 4. The van der Waals surface area contributed by atoms with E-state index in [1.165, 1.54) is 19.3 Å². The number of aromatic nitrogens is 2. The molecule has 2 saturated heterocycles. The maximum absolute atomic E-state index is 14.0. The Morgan fingerprint density at radius 1 is 1.03 bits per heavy atom. The van der Waals surface area contributed by atoms with E-state index >= 15 is 0 Å². The second-order valence-electron chi connectivity index (χ2n) is 9.39. The molecule has 1 aromatic heterocycles. The lowest BCUT2D eigenvalue weighted by molar-refractivity contribution is 0.0524. The van der Waals surface area contributed by atoms with Gasteiger partial charge >= 0.3 is 0 Å². The van der Waals surface area contributed by atoms with E-state index in [-0.39, 0.29) is 11.9 Å². The minimum atomic E-state index is -0.0773. The number of halogens is 1. The highest BCUT2D eigenvalue weighted by atomic mass is 35.5.